The van der Waals surface area contributed by atoms with Crippen LogP contribution in [-0.4, -0.2) is 56.0 Å². The third-order valence-electron chi connectivity index (χ3n) is 3.82. The number of benzene rings is 1. The number of anilines is 1. The lowest BCUT2D eigenvalue weighted by atomic mass is 10.3. The summed E-state index contributed by atoms with van der Waals surface area (Å²) in [6.45, 7) is 0.620. The number of aromatic carboxylic acids is 1. The summed E-state index contributed by atoms with van der Waals surface area (Å²) in [4.78, 5) is 22.3. The third-order valence-corrected chi connectivity index (χ3v) is 5.73. The minimum atomic E-state index is -4.10. The number of sulfonamides is 1. The fourth-order valence-electron chi connectivity index (χ4n) is 2.47. The first-order valence-corrected chi connectivity index (χ1v) is 9.25. The Balaban J connectivity index is 1.84. The Kier molecular flexibility index (Phi) is 5.26. The van der Waals surface area contributed by atoms with Crippen molar-refractivity contribution in [2.45, 2.75) is 4.90 Å². The molecule has 0 atom stereocenters. The summed E-state index contributed by atoms with van der Waals surface area (Å²) < 4.78 is 50.5. The zero-order valence-electron chi connectivity index (χ0n) is 13.8. The zero-order valence-corrected chi connectivity index (χ0v) is 14.7. The number of carbonyl (C=O) groups is 2. The maximum absolute atomic E-state index is 14.1. The molecule has 1 amide bonds. The Bertz CT molecular complexity index is 980. The summed E-state index contributed by atoms with van der Waals surface area (Å²) in [5.74, 6) is -3.80. The first-order chi connectivity index (χ1) is 12.8. The van der Waals surface area contributed by atoms with Crippen molar-refractivity contribution in [3.05, 3.63) is 47.7 Å². The Morgan fingerprint density at radius 1 is 1.11 bits per heavy atom. The zero-order chi connectivity index (χ0) is 19.6. The maximum atomic E-state index is 14.1. The fraction of sp³-hybridized carbons (Fsp3) is 0.250. The van der Waals surface area contributed by atoms with Gasteiger partial charge in [0, 0.05) is 18.8 Å². The molecule has 0 saturated carbocycles. The molecule has 0 aliphatic carbocycles. The molecule has 0 radical (unpaired) electrons. The Morgan fingerprint density at radius 3 is 2.41 bits per heavy atom. The summed E-state index contributed by atoms with van der Waals surface area (Å²) in [6.07, 6.45) is 0. The number of furan rings is 1. The topological polar surface area (TPSA) is 126 Å². The third kappa shape index (κ3) is 3.99. The van der Waals surface area contributed by atoms with Crippen LogP contribution >= 0.6 is 0 Å². The average Bonchev–Trinajstić information content (AvgIpc) is 3.14. The molecule has 1 aliphatic rings. The Labute approximate surface area is 153 Å². The van der Waals surface area contributed by atoms with Crippen LogP contribution in [0.4, 0.5) is 10.1 Å². The molecular weight excluding hydrogens is 383 g/mol. The Hall–Kier alpha value is -2.76. The molecule has 2 N–H and O–H groups in total. The van der Waals surface area contributed by atoms with Gasteiger partial charge in [0.25, 0.3) is 5.91 Å². The number of carboxylic acid groups (broad SMARTS) is 1. The van der Waals surface area contributed by atoms with Crippen LogP contribution in [0.3, 0.4) is 0 Å². The largest absolute Gasteiger partial charge is 0.475 e. The molecule has 0 unspecified atom stereocenters. The summed E-state index contributed by atoms with van der Waals surface area (Å²) in [6, 6.07) is 5.38. The quantitative estimate of drug-likeness (QED) is 0.779. The van der Waals surface area contributed by atoms with Gasteiger partial charge in [0.2, 0.25) is 15.8 Å². The van der Waals surface area contributed by atoms with E-state index >= 15 is 0 Å². The summed E-state index contributed by atoms with van der Waals surface area (Å²) in [5, 5.41) is 11.2. The highest BCUT2D eigenvalue weighted by atomic mass is 32.2. The second kappa shape index (κ2) is 7.47. The fourth-order valence-corrected chi connectivity index (χ4v) is 3.97. The van der Waals surface area contributed by atoms with Gasteiger partial charge in [0.05, 0.1) is 13.2 Å². The smallest absolute Gasteiger partial charge is 0.371 e. The maximum Gasteiger partial charge on any atom is 0.371 e. The summed E-state index contributed by atoms with van der Waals surface area (Å²) >= 11 is 0. The SMILES string of the molecule is O=C(O)c1ccc(C(=O)Nc2ccc(F)c(S(=O)(=O)N3CCOCC3)c2)o1. The first-order valence-electron chi connectivity index (χ1n) is 7.81. The van der Waals surface area contributed by atoms with Gasteiger partial charge in [-0.05, 0) is 30.3 Å². The standard InChI is InChI=1S/C16H15FN2O7S/c17-11-2-1-10(18-15(20)12-3-4-13(26-12)16(21)22)9-14(11)27(23,24)19-5-7-25-8-6-19/h1-4,9H,5-8H2,(H,18,20)(H,21,22). The second-order valence-corrected chi connectivity index (χ2v) is 7.49. The van der Waals surface area contributed by atoms with Crippen molar-refractivity contribution in [2.24, 2.45) is 0 Å². The van der Waals surface area contributed by atoms with Crippen LogP contribution in [0, 0.1) is 5.82 Å². The van der Waals surface area contributed by atoms with E-state index in [4.69, 9.17) is 14.3 Å². The van der Waals surface area contributed by atoms with Crippen molar-refractivity contribution in [3.63, 3.8) is 0 Å². The average molecular weight is 398 g/mol. The molecule has 11 heteroatoms. The van der Waals surface area contributed by atoms with Gasteiger partial charge in [-0.15, -0.1) is 0 Å². The van der Waals surface area contributed by atoms with E-state index in [9.17, 15) is 22.4 Å². The van der Waals surface area contributed by atoms with Crippen molar-refractivity contribution in [1.82, 2.24) is 4.31 Å². The molecule has 1 fully saturated rings. The lowest BCUT2D eigenvalue weighted by Gasteiger charge is -2.26. The molecule has 144 valence electrons. The van der Waals surface area contributed by atoms with Gasteiger partial charge >= 0.3 is 5.97 Å². The van der Waals surface area contributed by atoms with Gasteiger partial charge in [-0.25, -0.2) is 17.6 Å². The van der Waals surface area contributed by atoms with Crippen LogP contribution in [0.5, 0.6) is 0 Å². The van der Waals surface area contributed by atoms with Crippen LogP contribution in [0.2, 0.25) is 0 Å². The van der Waals surface area contributed by atoms with E-state index in [1.54, 1.807) is 0 Å². The number of amides is 1. The van der Waals surface area contributed by atoms with E-state index in [0.29, 0.717) is 0 Å². The number of carboxylic acids is 1. The van der Waals surface area contributed by atoms with Gasteiger partial charge in [-0.1, -0.05) is 0 Å². The van der Waals surface area contributed by atoms with Gasteiger partial charge in [0.1, 0.15) is 10.7 Å². The molecule has 1 aromatic heterocycles. The number of hydrogen-bond acceptors (Lipinski definition) is 6. The molecule has 0 bridgehead atoms. The second-order valence-electron chi connectivity index (χ2n) is 5.58. The van der Waals surface area contributed by atoms with Crippen molar-refractivity contribution >= 4 is 27.6 Å². The predicted molar refractivity (Wildman–Crippen MR) is 89.6 cm³/mol. The number of halogens is 1. The number of ether oxygens (including phenoxy) is 1. The lowest BCUT2D eigenvalue weighted by Crippen LogP contribution is -2.40. The minimum absolute atomic E-state index is 0.0153. The molecule has 1 saturated heterocycles. The number of nitrogens with one attached hydrogen (secondary N) is 1. The Morgan fingerprint density at radius 2 is 1.78 bits per heavy atom. The summed E-state index contributed by atoms with van der Waals surface area (Å²) in [5.41, 5.74) is 0.0153. The van der Waals surface area contributed by atoms with E-state index in [0.717, 1.165) is 28.6 Å². The van der Waals surface area contributed by atoms with Crippen LogP contribution in [0.25, 0.3) is 0 Å². The number of rotatable bonds is 5. The van der Waals surface area contributed by atoms with E-state index in [1.807, 2.05) is 0 Å². The molecule has 1 aliphatic heterocycles. The number of nitrogens with zero attached hydrogens (tertiary/aromatic N) is 1. The van der Waals surface area contributed by atoms with Crippen molar-refractivity contribution in [2.75, 3.05) is 31.6 Å². The molecular formula is C16H15FN2O7S. The predicted octanol–water partition coefficient (Wildman–Crippen LogP) is 1.39. The minimum Gasteiger partial charge on any atom is -0.475 e. The highest BCUT2D eigenvalue weighted by Gasteiger charge is 2.29. The highest BCUT2D eigenvalue weighted by Crippen LogP contribution is 2.24. The van der Waals surface area contributed by atoms with Gasteiger partial charge in [0.15, 0.2) is 5.76 Å². The highest BCUT2D eigenvalue weighted by molar-refractivity contribution is 7.89. The monoisotopic (exact) mass is 398 g/mol. The van der Waals surface area contributed by atoms with E-state index < -0.39 is 38.4 Å². The van der Waals surface area contributed by atoms with Crippen LogP contribution in [0.15, 0.2) is 39.6 Å². The normalized spacial score (nSPS) is 15.4. The van der Waals surface area contributed by atoms with Crippen molar-refractivity contribution in [1.29, 1.82) is 0 Å². The van der Waals surface area contributed by atoms with Crippen molar-refractivity contribution in [3.8, 4) is 0 Å². The van der Waals surface area contributed by atoms with Crippen LogP contribution < -0.4 is 5.32 Å². The molecule has 1 aromatic carbocycles. The molecule has 27 heavy (non-hydrogen) atoms. The van der Waals surface area contributed by atoms with Gasteiger partial charge in [-0.2, -0.15) is 4.31 Å². The number of hydrogen-bond donors (Lipinski definition) is 2. The first kappa shape index (κ1) is 19.0. The summed E-state index contributed by atoms with van der Waals surface area (Å²) in [7, 11) is -4.10. The molecule has 2 heterocycles. The van der Waals surface area contributed by atoms with E-state index in [-0.39, 0.29) is 37.8 Å². The van der Waals surface area contributed by atoms with Gasteiger partial charge < -0.3 is 19.6 Å². The van der Waals surface area contributed by atoms with Gasteiger partial charge in [-0.3, -0.25) is 4.79 Å². The molecule has 0 spiro atoms. The lowest BCUT2D eigenvalue weighted by molar-refractivity contribution is 0.0660. The molecule has 9 nitrogen and oxygen atoms in total. The van der Waals surface area contributed by atoms with E-state index in [2.05, 4.69) is 5.32 Å². The van der Waals surface area contributed by atoms with Crippen LogP contribution in [-0.2, 0) is 14.8 Å². The van der Waals surface area contributed by atoms with Crippen molar-refractivity contribution < 1.29 is 36.7 Å². The molecule has 3 rings (SSSR count). The number of morpholine rings is 1. The number of carbonyl (C=O) groups excluding carboxylic acids is 1. The van der Waals surface area contributed by atoms with Crippen LogP contribution in [0.1, 0.15) is 21.1 Å². The van der Waals surface area contributed by atoms with E-state index in [1.165, 1.54) is 6.07 Å². The molecule has 2 aromatic rings.